The highest BCUT2D eigenvalue weighted by molar-refractivity contribution is 5.72. The zero-order chi connectivity index (χ0) is 5.15. The van der Waals surface area contributed by atoms with Crippen molar-refractivity contribution in [2.24, 2.45) is 5.73 Å². The Morgan fingerprint density at radius 2 is 2.17 bits per heavy atom. The van der Waals surface area contributed by atoms with Crippen LogP contribution in [-0.2, 0) is 4.79 Å². The fraction of sp³-hybridized carbons (Fsp3) is 0.667. The minimum absolute atomic E-state index is 0.731. The number of aliphatic carboxylic acids is 1. The average molecular weight is 90.1 g/mol. The van der Waals surface area contributed by atoms with Crippen LogP contribution in [0.4, 0.5) is 0 Å². The second-order valence-corrected chi connectivity index (χ2v) is 1.13. The van der Waals surface area contributed by atoms with Crippen molar-refractivity contribution in [3.8, 4) is 0 Å². The van der Waals surface area contributed by atoms with Crippen molar-refractivity contribution in [1.82, 2.24) is 0 Å². The molecule has 1 atom stereocenters. The normalized spacial score (nSPS) is 13.7. The largest absolute Gasteiger partial charge is 0.480 e. The summed E-state index contributed by atoms with van der Waals surface area (Å²) < 4.78 is 0. The Morgan fingerprint density at radius 3 is 2.17 bits per heavy atom. The molecule has 0 aliphatic heterocycles. The number of nitrogens with two attached hydrogens (primary N) is 1. The second-order valence-electron chi connectivity index (χ2n) is 1.13. The fourth-order valence-corrected chi connectivity index (χ4v) is 0. The van der Waals surface area contributed by atoms with Crippen molar-refractivity contribution in [3.63, 3.8) is 0 Å². The Kier molecular flexibility index (Phi) is 1.60. The first kappa shape index (κ1) is 5.43. The molecule has 0 bridgehead atoms. The van der Waals surface area contributed by atoms with E-state index in [0.29, 0.717) is 0 Å². The lowest BCUT2D eigenvalue weighted by Gasteiger charge is -1.90. The molecule has 0 aliphatic carbocycles. The minimum atomic E-state index is -0.963. The lowest BCUT2D eigenvalue weighted by atomic mass is 10.8. The van der Waals surface area contributed by atoms with Gasteiger partial charge in [0.1, 0.15) is 6.04 Å². The zero-order valence-electron chi connectivity index (χ0n) is 3.51. The molecule has 36 valence electrons. The van der Waals surface area contributed by atoms with Crippen LogP contribution in [0, 0.1) is 0 Å². The number of carboxylic acid groups (broad SMARTS) is 1. The molecule has 0 aromatic heterocycles. The van der Waals surface area contributed by atoms with Gasteiger partial charge in [-0.2, -0.15) is 0 Å². The van der Waals surface area contributed by atoms with E-state index in [2.05, 4.69) is 0 Å². The van der Waals surface area contributed by atoms with E-state index in [1.54, 1.807) is 0 Å². The third-order valence-corrected chi connectivity index (χ3v) is 0.390. The van der Waals surface area contributed by atoms with Gasteiger partial charge in [-0.3, -0.25) is 4.79 Å². The topological polar surface area (TPSA) is 63.3 Å². The molecule has 0 fully saturated rings. The molecule has 0 aromatic carbocycles. The molecule has 0 amide bonds. The Morgan fingerprint density at radius 1 is 2.00 bits per heavy atom. The fourth-order valence-electron chi connectivity index (χ4n) is 0. The van der Waals surface area contributed by atoms with Crippen LogP contribution < -0.4 is 5.73 Å². The molecule has 0 aromatic rings. The predicted octanol–water partition coefficient (Wildman–Crippen LogP) is -0.582. The molecule has 3 heteroatoms. The third-order valence-electron chi connectivity index (χ3n) is 0.390. The number of hydrogen-bond acceptors (Lipinski definition) is 2. The van der Waals surface area contributed by atoms with Crippen molar-refractivity contribution in [2.75, 3.05) is 0 Å². The second kappa shape index (κ2) is 1.77. The molecule has 0 aliphatic rings. The van der Waals surface area contributed by atoms with Crippen molar-refractivity contribution < 1.29 is 9.90 Å². The van der Waals surface area contributed by atoms with Gasteiger partial charge >= 0.3 is 5.97 Å². The number of rotatable bonds is 1. The molecule has 0 radical (unpaired) electrons. The summed E-state index contributed by atoms with van der Waals surface area (Å²) in [6, 6.07) is -0.731. The summed E-state index contributed by atoms with van der Waals surface area (Å²) in [5.41, 5.74) is 4.84. The van der Waals surface area contributed by atoms with Crippen LogP contribution in [0.5, 0.6) is 0 Å². The first-order chi connectivity index (χ1) is 2.64. The summed E-state index contributed by atoms with van der Waals surface area (Å²) in [6.45, 7) is 1.42. The highest BCUT2D eigenvalue weighted by Crippen LogP contribution is 1.68. The highest BCUT2D eigenvalue weighted by atomic mass is 16.4. The van der Waals surface area contributed by atoms with E-state index >= 15 is 0 Å². The lowest BCUT2D eigenvalue weighted by molar-refractivity contribution is -0.138. The van der Waals surface area contributed by atoms with E-state index < -0.39 is 12.0 Å². The Hall–Kier alpha value is -0.570. The molecule has 0 heterocycles. The number of hydrogen-bond donors (Lipinski definition) is 2. The van der Waals surface area contributed by atoms with Crippen LogP contribution in [-0.4, -0.2) is 17.1 Å². The smallest absolute Gasteiger partial charge is 0.320 e. The third kappa shape index (κ3) is 1.72. The van der Waals surface area contributed by atoms with Crippen molar-refractivity contribution in [2.45, 2.75) is 13.0 Å². The van der Waals surface area contributed by atoms with Gasteiger partial charge in [-0.05, 0) is 6.92 Å². The molecule has 6 heavy (non-hydrogen) atoms. The molecular weight excluding hydrogens is 83.0 g/mol. The maximum atomic E-state index is 9.57. The summed E-state index contributed by atoms with van der Waals surface area (Å²) in [5, 5.41) is 7.87. The van der Waals surface area contributed by atoms with Crippen LogP contribution >= 0.6 is 0 Å². The van der Waals surface area contributed by atoms with Gasteiger partial charge in [0.15, 0.2) is 0 Å². The van der Waals surface area contributed by atoms with Gasteiger partial charge in [0.05, 0.1) is 0 Å². The number of carboxylic acids is 1. The molecule has 0 rings (SSSR count). The average Bonchev–Trinajstić information content (AvgIpc) is 1.36. The van der Waals surface area contributed by atoms with E-state index in [9.17, 15) is 4.79 Å². The summed E-state index contributed by atoms with van der Waals surface area (Å²) in [4.78, 5) is 9.57. The van der Waals surface area contributed by atoms with E-state index in [-0.39, 0.29) is 0 Å². The summed E-state index contributed by atoms with van der Waals surface area (Å²) in [7, 11) is 0. The highest BCUT2D eigenvalue weighted by Gasteiger charge is 1.99. The quantitative estimate of drug-likeness (QED) is 0.423. The maximum Gasteiger partial charge on any atom is 0.320 e. The minimum Gasteiger partial charge on any atom is -0.480 e. The van der Waals surface area contributed by atoms with Gasteiger partial charge in [-0.1, -0.05) is 0 Å². The maximum absolute atomic E-state index is 9.57. The monoisotopic (exact) mass is 90.1 g/mol. The summed E-state index contributed by atoms with van der Waals surface area (Å²) in [6.07, 6.45) is 0. The molecule has 0 saturated heterocycles. The van der Waals surface area contributed by atoms with Crippen molar-refractivity contribution in [3.05, 3.63) is 0 Å². The van der Waals surface area contributed by atoms with Crippen LogP contribution in [0.3, 0.4) is 0 Å². The van der Waals surface area contributed by atoms with Crippen LogP contribution in [0.1, 0.15) is 6.92 Å². The molecule has 1 unspecified atom stereocenters. The summed E-state index contributed by atoms with van der Waals surface area (Å²) in [5.74, 6) is -0.963. The Balaban J connectivity index is 3.26. The first-order valence-electron chi connectivity index (χ1n) is 1.63. The first-order valence-corrected chi connectivity index (χ1v) is 1.63. The van der Waals surface area contributed by atoms with Crippen molar-refractivity contribution in [1.29, 1.82) is 0 Å². The van der Waals surface area contributed by atoms with Crippen LogP contribution in [0.2, 0.25) is 0 Å². The van der Waals surface area contributed by atoms with Gasteiger partial charge in [-0.15, -0.1) is 0 Å². The van der Waals surface area contributed by atoms with Gasteiger partial charge in [0.25, 0.3) is 0 Å². The Labute approximate surface area is 35.8 Å². The summed E-state index contributed by atoms with van der Waals surface area (Å²) >= 11 is 0. The molecular formula is C3H7NO2. The zero-order valence-corrected chi connectivity index (χ0v) is 3.51. The van der Waals surface area contributed by atoms with Gasteiger partial charge in [-0.25, -0.2) is 0 Å². The van der Waals surface area contributed by atoms with E-state index in [1.807, 2.05) is 0 Å². The SMILES string of the molecule is C[13CH](N)C(=O)O. The molecule has 3 nitrogen and oxygen atoms in total. The van der Waals surface area contributed by atoms with Crippen molar-refractivity contribution >= 4 is 5.97 Å². The molecule has 0 saturated carbocycles. The van der Waals surface area contributed by atoms with E-state index in [0.717, 1.165) is 0 Å². The van der Waals surface area contributed by atoms with E-state index in [1.165, 1.54) is 6.92 Å². The lowest BCUT2D eigenvalue weighted by Crippen LogP contribution is -2.25. The Bertz CT molecular complexity index is 59.8. The number of carbonyl (C=O) groups is 1. The molecule has 0 spiro atoms. The van der Waals surface area contributed by atoms with Gasteiger partial charge in [0, 0.05) is 0 Å². The van der Waals surface area contributed by atoms with Crippen LogP contribution in [0.25, 0.3) is 0 Å². The predicted molar refractivity (Wildman–Crippen MR) is 21.3 cm³/mol. The molecule has 3 N–H and O–H groups in total. The van der Waals surface area contributed by atoms with E-state index in [4.69, 9.17) is 10.8 Å². The van der Waals surface area contributed by atoms with Gasteiger partial charge < -0.3 is 10.8 Å². The van der Waals surface area contributed by atoms with Gasteiger partial charge in [0.2, 0.25) is 0 Å². The standard InChI is InChI=1S/C3H7NO2/c1-2(4)3(5)6/h2H,4H2,1H3,(H,5,6)/i2+1. The van der Waals surface area contributed by atoms with Crippen LogP contribution in [0.15, 0.2) is 0 Å².